The van der Waals surface area contributed by atoms with Gasteiger partial charge in [0.1, 0.15) is 0 Å². The van der Waals surface area contributed by atoms with Gasteiger partial charge in [-0.1, -0.05) is 0 Å². The third kappa shape index (κ3) is 2.79. The Morgan fingerprint density at radius 2 is 2.07 bits per heavy atom. The van der Waals surface area contributed by atoms with Gasteiger partial charge in [0.2, 0.25) is 0 Å². The van der Waals surface area contributed by atoms with Gasteiger partial charge in [0, 0.05) is 14.7 Å². The maximum atomic E-state index is 10.1. The summed E-state index contributed by atoms with van der Waals surface area (Å²) in [4.78, 5) is 3.22. The van der Waals surface area contributed by atoms with E-state index in [2.05, 4.69) is 22.0 Å². The number of hydrogen-bond acceptors (Lipinski definition) is 3. The molecule has 0 spiro atoms. The molecule has 80 valence electrons. The number of thiophene rings is 1. The fraction of sp³-hybridized carbons (Fsp3) is 0.600. The smallest absolute Gasteiger partial charge is 0.0795 e. The zero-order valence-electron chi connectivity index (χ0n) is 8.91. The Balaban J connectivity index is 3.01. The van der Waals surface area contributed by atoms with Crippen molar-refractivity contribution < 1.29 is 5.11 Å². The Hall–Kier alpha value is 0.1000. The van der Waals surface area contributed by atoms with Crippen molar-refractivity contribution in [2.75, 3.05) is 14.1 Å². The van der Waals surface area contributed by atoms with Crippen LogP contribution in [0, 0.1) is 0 Å². The predicted molar refractivity (Wildman–Crippen MR) is 64.7 cm³/mol. The molecule has 0 aliphatic carbocycles. The quantitative estimate of drug-likeness (QED) is 0.919. The van der Waals surface area contributed by atoms with Crippen LogP contribution in [0.3, 0.4) is 0 Å². The zero-order valence-corrected chi connectivity index (χ0v) is 11.3. The van der Waals surface area contributed by atoms with E-state index < -0.39 is 5.60 Å². The third-order valence-corrected chi connectivity index (χ3v) is 3.79. The first-order valence-corrected chi connectivity index (χ1v) is 6.12. The molecular formula is C10H16BrNOS. The number of hydrogen-bond donors (Lipinski definition) is 1. The summed E-state index contributed by atoms with van der Waals surface area (Å²) in [6.07, 6.45) is 0. The second-order valence-electron chi connectivity index (χ2n) is 4.19. The Labute approximate surface area is 97.7 Å². The first-order valence-electron chi connectivity index (χ1n) is 4.45. The van der Waals surface area contributed by atoms with Crippen LogP contribution in [-0.2, 0) is 0 Å². The van der Waals surface area contributed by atoms with Crippen LogP contribution in [0.1, 0.15) is 24.8 Å². The largest absolute Gasteiger partial charge is 0.388 e. The van der Waals surface area contributed by atoms with Crippen LogP contribution >= 0.6 is 27.3 Å². The molecule has 4 heteroatoms. The van der Waals surface area contributed by atoms with Crippen LogP contribution in [0.5, 0.6) is 0 Å². The standard InChI is InChI=1S/C10H16BrNOS/c1-10(2,13)9(12(3)4)8-5-7(11)6-14-8/h5-6,9,13H,1-4H3. The molecule has 2 nitrogen and oxygen atoms in total. The van der Waals surface area contributed by atoms with E-state index in [1.54, 1.807) is 11.3 Å². The van der Waals surface area contributed by atoms with E-state index in [9.17, 15) is 5.11 Å². The minimum Gasteiger partial charge on any atom is -0.388 e. The van der Waals surface area contributed by atoms with Gasteiger partial charge in [-0.2, -0.15) is 0 Å². The summed E-state index contributed by atoms with van der Waals surface area (Å²) < 4.78 is 1.08. The first-order chi connectivity index (χ1) is 6.32. The van der Waals surface area contributed by atoms with Crippen molar-refractivity contribution in [1.82, 2.24) is 4.90 Å². The molecule has 1 aromatic heterocycles. The summed E-state index contributed by atoms with van der Waals surface area (Å²) in [6, 6.07) is 2.10. The highest BCUT2D eigenvalue weighted by Gasteiger charge is 2.31. The van der Waals surface area contributed by atoms with Gasteiger partial charge in [0.05, 0.1) is 11.6 Å². The molecule has 0 aliphatic heterocycles. The highest BCUT2D eigenvalue weighted by Crippen LogP contribution is 2.35. The van der Waals surface area contributed by atoms with Crippen molar-refractivity contribution in [2.24, 2.45) is 0 Å². The fourth-order valence-corrected chi connectivity index (χ4v) is 3.52. The summed E-state index contributed by atoms with van der Waals surface area (Å²) >= 11 is 5.09. The Bertz CT molecular complexity index is 303. The molecule has 0 fully saturated rings. The summed E-state index contributed by atoms with van der Waals surface area (Å²) in [5, 5.41) is 12.1. The van der Waals surface area contributed by atoms with Crippen LogP contribution in [0.4, 0.5) is 0 Å². The van der Waals surface area contributed by atoms with E-state index in [0.717, 1.165) is 4.47 Å². The Morgan fingerprint density at radius 1 is 1.50 bits per heavy atom. The average Bonchev–Trinajstić information content (AvgIpc) is 2.31. The maximum absolute atomic E-state index is 10.1. The van der Waals surface area contributed by atoms with Crippen molar-refractivity contribution in [2.45, 2.75) is 25.5 Å². The molecule has 1 heterocycles. The summed E-state index contributed by atoms with van der Waals surface area (Å²) in [5.74, 6) is 0. The van der Waals surface area contributed by atoms with E-state index in [1.165, 1.54) is 4.88 Å². The molecule has 1 rings (SSSR count). The minimum absolute atomic E-state index is 0.0406. The lowest BCUT2D eigenvalue weighted by atomic mass is 9.96. The lowest BCUT2D eigenvalue weighted by molar-refractivity contribution is -0.00160. The van der Waals surface area contributed by atoms with E-state index in [0.29, 0.717) is 0 Å². The Morgan fingerprint density at radius 3 is 2.36 bits per heavy atom. The SMILES string of the molecule is CN(C)C(c1cc(Br)cs1)C(C)(C)O. The van der Waals surface area contributed by atoms with Crippen molar-refractivity contribution in [3.63, 3.8) is 0 Å². The van der Waals surface area contributed by atoms with Crippen LogP contribution < -0.4 is 0 Å². The van der Waals surface area contributed by atoms with Gasteiger partial charge in [-0.05, 0) is 49.9 Å². The molecule has 1 N–H and O–H groups in total. The number of nitrogens with zero attached hydrogens (tertiary/aromatic N) is 1. The van der Waals surface area contributed by atoms with Crippen molar-refractivity contribution in [1.29, 1.82) is 0 Å². The van der Waals surface area contributed by atoms with Crippen molar-refractivity contribution in [3.8, 4) is 0 Å². The van der Waals surface area contributed by atoms with Gasteiger partial charge in [-0.15, -0.1) is 11.3 Å². The van der Waals surface area contributed by atoms with Gasteiger partial charge in [0.15, 0.2) is 0 Å². The predicted octanol–water partition coefficient (Wildman–Crippen LogP) is 2.88. The third-order valence-electron chi connectivity index (χ3n) is 2.04. The van der Waals surface area contributed by atoms with E-state index in [-0.39, 0.29) is 6.04 Å². The van der Waals surface area contributed by atoms with Gasteiger partial charge >= 0.3 is 0 Å². The van der Waals surface area contributed by atoms with Crippen LogP contribution in [0.15, 0.2) is 15.9 Å². The van der Waals surface area contributed by atoms with E-state index >= 15 is 0 Å². The molecule has 0 bridgehead atoms. The molecular weight excluding hydrogens is 262 g/mol. The maximum Gasteiger partial charge on any atom is 0.0795 e. The van der Waals surface area contributed by atoms with Gasteiger partial charge in [-0.25, -0.2) is 0 Å². The first kappa shape index (κ1) is 12.2. The molecule has 0 aliphatic rings. The number of likely N-dealkylation sites (N-methyl/N-ethyl adjacent to an activating group) is 1. The highest BCUT2D eigenvalue weighted by atomic mass is 79.9. The van der Waals surface area contributed by atoms with E-state index in [1.807, 2.05) is 38.2 Å². The van der Waals surface area contributed by atoms with Crippen LogP contribution in [0.2, 0.25) is 0 Å². The van der Waals surface area contributed by atoms with Crippen molar-refractivity contribution >= 4 is 27.3 Å². The summed E-state index contributed by atoms with van der Waals surface area (Å²) in [6.45, 7) is 3.68. The highest BCUT2D eigenvalue weighted by molar-refractivity contribution is 9.10. The molecule has 14 heavy (non-hydrogen) atoms. The van der Waals surface area contributed by atoms with Crippen LogP contribution in [-0.4, -0.2) is 29.7 Å². The van der Waals surface area contributed by atoms with Gasteiger partial charge in [0.25, 0.3) is 0 Å². The fourth-order valence-electron chi connectivity index (χ4n) is 1.71. The molecule has 1 aromatic rings. The molecule has 0 aromatic carbocycles. The van der Waals surface area contributed by atoms with Crippen LogP contribution in [0.25, 0.3) is 0 Å². The minimum atomic E-state index is -0.728. The number of aliphatic hydroxyl groups is 1. The monoisotopic (exact) mass is 277 g/mol. The normalized spacial score (nSPS) is 14.8. The van der Waals surface area contributed by atoms with Gasteiger partial charge < -0.3 is 5.11 Å². The summed E-state index contributed by atoms with van der Waals surface area (Å²) in [7, 11) is 3.96. The topological polar surface area (TPSA) is 23.5 Å². The molecule has 0 amide bonds. The summed E-state index contributed by atoms with van der Waals surface area (Å²) in [5.41, 5.74) is -0.728. The molecule has 0 saturated heterocycles. The molecule has 0 radical (unpaired) electrons. The van der Waals surface area contributed by atoms with E-state index in [4.69, 9.17) is 0 Å². The zero-order chi connectivity index (χ0) is 10.9. The second kappa shape index (κ2) is 4.31. The second-order valence-corrected chi connectivity index (χ2v) is 6.05. The number of rotatable bonds is 3. The average molecular weight is 278 g/mol. The molecule has 1 atom stereocenters. The van der Waals surface area contributed by atoms with Gasteiger partial charge in [-0.3, -0.25) is 4.90 Å². The lowest BCUT2D eigenvalue weighted by Gasteiger charge is -2.33. The Kier molecular flexibility index (Phi) is 3.75. The lowest BCUT2D eigenvalue weighted by Crippen LogP contribution is -2.37. The molecule has 0 saturated carbocycles. The molecule has 1 unspecified atom stereocenters. The number of halogens is 1. The van der Waals surface area contributed by atoms with Crippen molar-refractivity contribution in [3.05, 3.63) is 20.8 Å².